The molecule has 1 amide bonds. The number of sulfonamides is 1. The summed E-state index contributed by atoms with van der Waals surface area (Å²) in [6.07, 6.45) is 1.63. The largest absolute Gasteiger partial charge is 0.346 e. The average molecular weight is 443 g/mol. The van der Waals surface area contributed by atoms with E-state index in [0.29, 0.717) is 23.8 Å². The third kappa shape index (κ3) is 3.34. The number of nitrogens with one attached hydrogen (secondary N) is 2. The number of fused-ring (bicyclic) bond motifs is 3. The van der Waals surface area contributed by atoms with Crippen LogP contribution in [0.2, 0.25) is 0 Å². The molecule has 31 heavy (non-hydrogen) atoms. The zero-order chi connectivity index (χ0) is 22.1. The van der Waals surface area contributed by atoms with Crippen LogP contribution in [0.5, 0.6) is 0 Å². The molecule has 0 bridgehead atoms. The molecule has 2 N–H and O–H groups in total. The van der Waals surface area contributed by atoms with Gasteiger partial charge in [0.05, 0.1) is 41.0 Å². The number of aliphatic imine (C=N–C) groups is 1. The molecular formula is C21H26N6O3S. The molecule has 0 unspecified atom stereocenters. The van der Waals surface area contributed by atoms with Gasteiger partial charge in [-0.15, -0.1) is 0 Å². The molecule has 1 aliphatic carbocycles. The molecule has 0 spiro atoms. The van der Waals surface area contributed by atoms with Gasteiger partial charge in [-0.2, -0.15) is 0 Å². The van der Waals surface area contributed by atoms with Crippen molar-refractivity contribution >= 4 is 27.6 Å². The van der Waals surface area contributed by atoms with Crippen LogP contribution in [0, 0.1) is 13.8 Å². The number of aromatic amines is 1. The van der Waals surface area contributed by atoms with Crippen LogP contribution in [0.4, 0.5) is 5.69 Å². The molecule has 1 aromatic heterocycles. The Kier molecular flexibility index (Phi) is 4.32. The maximum Gasteiger partial charge on any atom is 0.263 e. The second kappa shape index (κ2) is 6.64. The first-order valence-electron chi connectivity index (χ1n) is 10.4. The first kappa shape index (κ1) is 20.2. The number of aromatic nitrogens is 2. The number of nitrogens with zero attached hydrogens (tertiary/aromatic N) is 4. The van der Waals surface area contributed by atoms with Crippen molar-refractivity contribution in [3.05, 3.63) is 41.0 Å². The fourth-order valence-electron chi connectivity index (χ4n) is 4.21. The van der Waals surface area contributed by atoms with Crippen molar-refractivity contribution in [3.63, 3.8) is 0 Å². The Hall–Kier alpha value is -2.72. The van der Waals surface area contributed by atoms with Gasteiger partial charge >= 0.3 is 0 Å². The van der Waals surface area contributed by atoms with Crippen LogP contribution < -0.4 is 9.62 Å². The van der Waals surface area contributed by atoms with E-state index < -0.39 is 10.0 Å². The van der Waals surface area contributed by atoms with Gasteiger partial charge in [0.1, 0.15) is 5.82 Å². The van der Waals surface area contributed by atoms with E-state index >= 15 is 0 Å². The van der Waals surface area contributed by atoms with Crippen LogP contribution >= 0.6 is 0 Å². The summed E-state index contributed by atoms with van der Waals surface area (Å²) in [5.74, 6) is 1.10. The predicted octanol–water partition coefficient (Wildman–Crippen LogP) is 2.08. The van der Waals surface area contributed by atoms with Crippen molar-refractivity contribution in [2.75, 3.05) is 11.4 Å². The van der Waals surface area contributed by atoms with Crippen molar-refractivity contribution in [2.24, 2.45) is 4.99 Å². The number of rotatable bonds is 5. The van der Waals surface area contributed by atoms with Crippen molar-refractivity contribution in [1.29, 1.82) is 0 Å². The number of H-pyrrole nitrogens is 1. The SMILES string of the molecule is Cc1nc(CN2C(=O)c3cc(S(=O)(=O)NC4(C)CC4)ccc3N3C2=NC[C@H]3C)c(C)[nH]1. The van der Waals surface area contributed by atoms with Gasteiger partial charge in [-0.25, -0.2) is 18.1 Å². The molecule has 10 heteroatoms. The first-order chi connectivity index (χ1) is 14.6. The van der Waals surface area contributed by atoms with Crippen LogP contribution in [-0.4, -0.2) is 53.3 Å². The van der Waals surface area contributed by atoms with Crippen LogP contribution in [0.15, 0.2) is 28.1 Å². The molecule has 1 aromatic carbocycles. The Morgan fingerprint density at radius 1 is 1.29 bits per heavy atom. The molecule has 5 rings (SSSR count). The van der Waals surface area contributed by atoms with E-state index in [4.69, 9.17) is 0 Å². The first-order valence-corrected chi connectivity index (χ1v) is 11.9. The summed E-state index contributed by atoms with van der Waals surface area (Å²) in [5, 5.41) is 0. The number of anilines is 1. The van der Waals surface area contributed by atoms with E-state index in [1.165, 1.54) is 6.07 Å². The maximum atomic E-state index is 13.5. The lowest BCUT2D eigenvalue weighted by Gasteiger charge is -2.37. The highest BCUT2D eigenvalue weighted by atomic mass is 32.2. The zero-order valence-corrected chi connectivity index (χ0v) is 18.9. The van der Waals surface area contributed by atoms with E-state index in [-0.39, 0.29) is 28.9 Å². The lowest BCUT2D eigenvalue weighted by molar-refractivity contribution is 0.0831. The number of imidazole rings is 1. The molecule has 164 valence electrons. The Labute approximate surface area is 181 Å². The topological polar surface area (TPSA) is 111 Å². The molecule has 1 atom stereocenters. The summed E-state index contributed by atoms with van der Waals surface area (Å²) in [6, 6.07) is 4.84. The molecule has 1 fully saturated rings. The van der Waals surface area contributed by atoms with Crippen LogP contribution in [-0.2, 0) is 16.6 Å². The third-order valence-corrected chi connectivity index (χ3v) is 7.84. The van der Waals surface area contributed by atoms with E-state index in [0.717, 1.165) is 30.1 Å². The van der Waals surface area contributed by atoms with E-state index in [2.05, 4.69) is 19.7 Å². The lowest BCUT2D eigenvalue weighted by atomic mass is 10.1. The Balaban J connectivity index is 1.56. The lowest BCUT2D eigenvalue weighted by Crippen LogP contribution is -2.52. The minimum Gasteiger partial charge on any atom is -0.346 e. The summed E-state index contributed by atoms with van der Waals surface area (Å²) in [6.45, 7) is 8.55. The van der Waals surface area contributed by atoms with Crippen molar-refractivity contribution in [1.82, 2.24) is 19.6 Å². The highest BCUT2D eigenvalue weighted by Gasteiger charge is 2.43. The fraction of sp³-hybridized carbons (Fsp3) is 0.476. The minimum absolute atomic E-state index is 0.0670. The Bertz CT molecular complexity index is 1230. The van der Waals surface area contributed by atoms with Crippen molar-refractivity contribution in [2.45, 2.75) is 63.6 Å². The number of benzene rings is 1. The Morgan fingerprint density at radius 2 is 2.03 bits per heavy atom. The smallest absolute Gasteiger partial charge is 0.263 e. The van der Waals surface area contributed by atoms with Gasteiger partial charge in [-0.3, -0.25) is 14.7 Å². The standard InChI is InChI=1S/C21H26N6O3S/c1-12-10-22-20-26(11-17-13(2)23-14(3)24-17)19(28)16-9-15(5-6-18(16)27(12)20)31(29,30)25-21(4)7-8-21/h5-6,9,12,25H,7-8,10-11H2,1-4H3,(H,23,24)/t12-/m1/s1. The summed E-state index contributed by atoms with van der Waals surface area (Å²) in [7, 11) is -3.71. The number of amides is 1. The van der Waals surface area contributed by atoms with Gasteiger partial charge in [0.25, 0.3) is 5.91 Å². The van der Waals surface area contributed by atoms with Crippen molar-refractivity contribution in [3.8, 4) is 0 Å². The van der Waals surface area contributed by atoms with Gasteiger partial charge in [0.2, 0.25) is 16.0 Å². The van der Waals surface area contributed by atoms with Gasteiger partial charge in [0.15, 0.2) is 0 Å². The third-order valence-electron chi connectivity index (χ3n) is 6.20. The average Bonchev–Trinajstić information content (AvgIpc) is 3.14. The van der Waals surface area contributed by atoms with Gasteiger partial charge < -0.3 is 9.88 Å². The van der Waals surface area contributed by atoms with Crippen molar-refractivity contribution < 1.29 is 13.2 Å². The van der Waals surface area contributed by atoms with Crippen LogP contribution in [0.25, 0.3) is 0 Å². The molecule has 0 saturated heterocycles. The molecule has 9 nitrogen and oxygen atoms in total. The number of guanidine groups is 1. The molecule has 3 heterocycles. The fourth-order valence-corrected chi connectivity index (χ4v) is 5.70. The second-order valence-electron chi connectivity index (χ2n) is 8.99. The molecule has 0 radical (unpaired) electrons. The van der Waals surface area contributed by atoms with Crippen LogP contribution in [0.3, 0.4) is 0 Å². The molecular weight excluding hydrogens is 416 g/mol. The highest BCUT2D eigenvalue weighted by molar-refractivity contribution is 7.89. The van der Waals surface area contributed by atoms with E-state index in [1.54, 1.807) is 17.0 Å². The second-order valence-corrected chi connectivity index (χ2v) is 10.7. The van der Waals surface area contributed by atoms with Gasteiger partial charge in [0, 0.05) is 11.2 Å². The normalized spacial score (nSPS) is 21.7. The van der Waals surface area contributed by atoms with E-state index in [1.807, 2.05) is 32.6 Å². The summed E-state index contributed by atoms with van der Waals surface area (Å²) < 4.78 is 28.6. The number of hydrogen-bond donors (Lipinski definition) is 2. The van der Waals surface area contributed by atoms with E-state index in [9.17, 15) is 13.2 Å². The zero-order valence-electron chi connectivity index (χ0n) is 18.1. The summed E-state index contributed by atoms with van der Waals surface area (Å²) in [4.78, 5) is 29.5. The quantitative estimate of drug-likeness (QED) is 0.737. The molecule has 3 aliphatic rings. The van der Waals surface area contributed by atoms with Gasteiger partial charge in [-0.1, -0.05) is 0 Å². The number of hydrogen-bond acceptors (Lipinski definition) is 6. The van der Waals surface area contributed by atoms with Gasteiger partial charge in [-0.05, 0) is 58.7 Å². The molecule has 2 aliphatic heterocycles. The monoisotopic (exact) mass is 442 g/mol. The highest BCUT2D eigenvalue weighted by Crippen LogP contribution is 2.38. The summed E-state index contributed by atoms with van der Waals surface area (Å²) >= 11 is 0. The summed E-state index contributed by atoms with van der Waals surface area (Å²) in [5.41, 5.74) is 2.33. The minimum atomic E-state index is -3.71. The predicted molar refractivity (Wildman–Crippen MR) is 117 cm³/mol. The number of carbonyl (C=O) groups is 1. The Morgan fingerprint density at radius 3 is 2.68 bits per heavy atom. The molecule has 2 aromatic rings. The number of carbonyl (C=O) groups excluding carboxylic acids is 1. The molecule has 1 saturated carbocycles. The maximum absolute atomic E-state index is 13.5. The number of aryl methyl sites for hydroxylation is 2. The van der Waals surface area contributed by atoms with Crippen LogP contribution in [0.1, 0.15) is 54.3 Å².